The number of nitrogens with two attached hydrogens (primary N) is 2. The van der Waals surface area contributed by atoms with E-state index in [1.165, 1.54) is 32.1 Å². The maximum absolute atomic E-state index is 5.01. The van der Waals surface area contributed by atoms with E-state index in [1.807, 2.05) is 0 Å². The van der Waals surface area contributed by atoms with Gasteiger partial charge in [0.2, 0.25) is 0 Å². The molecular weight excluding hydrogens is 449 g/mol. The fourth-order valence-corrected chi connectivity index (χ4v) is 0.884. The molecule has 7 heteroatoms. The molecule has 0 unspecified atom stereocenters. The van der Waals surface area contributed by atoms with E-state index in [-0.39, 0.29) is 0 Å². The summed E-state index contributed by atoms with van der Waals surface area (Å²) in [6, 6.07) is 0. The Bertz CT molecular complexity index is 72.6. The Labute approximate surface area is 106 Å². The van der Waals surface area contributed by atoms with Crippen LogP contribution in [0.5, 0.6) is 0 Å². The fourth-order valence-electron chi connectivity index (χ4n) is 0.884. The first kappa shape index (κ1) is 21.1. The van der Waals surface area contributed by atoms with Crippen LogP contribution in [0, 0.1) is 14.1 Å². The van der Waals surface area contributed by atoms with Gasteiger partial charge >= 0.3 is 49.6 Å². The molecule has 0 atom stereocenters. The first-order valence-corrected chi connectivity index (χ1v) is 15.1. The number of halogens is 4. The molecule has 0 heterocycles. The van der Waals surface area contributed by atoms with Gasteiger partial charge < -0.3 is 11.5 Å². The maximum atomic E-state index is 5.01. The Balaban J connectivity index is -0.000000128. The van der Waals surface area contributed by atoms with Crippen LogP contribution >= 0.6 is 37.7 Å². The minimum absolute atomic E-state index is 1.50. The molecule has 1 saturated carbocycles. The van der Waals surface area contributed by atoms with Crippen molar-refractivity contribution >= 4 is 37.7 Å². The summed E-state index contributed by atoms with van der Waals surface area (Å²) in [5.74, 6) is 0. The van der Waals surface area contributed by atoms with Crippen LogP contribution in [-0.4, -0.2) is 0 Å². The minimum atomic E-state index is -3.06. The van der Waals surface area contributed by atoms with Gasteiger partial charge in [0.1, 0.15) is 0 Å². The summed E-state index contributed by atoms with van der Waals surface area (Å²) in [5.41, 5.74) is 8.50. The molecule has 0 aromatic heterocycles. The molecule has 4 N–H and O–H groups in total. The third kappa shape index (κ3) is 49.0. The summed E-state index contributed by atoms with van der Waals surface area (Å²) in [6.45, 7) is 0. The topological polar surface area (TPSA) is 52.0 Å². The van der Waals surface area contributed by atoms with Crippen molar-refractivity contribution in [3.05, 3.63) is 14.1 Å². The van der Waals surface area contributed by atoms with Crippen molar-refractivity contribution in [2.24, 2.45) is 11.5 Å². The molecule has 2 nitrogen and oxygen atoms in total. The second-order valence-electron chi connectivity index (χ2n) is 2.04. The Morgan fingerprint density at radius 1 is 0.643 bits per heavy atom. The molecule has 0 aromatic rings. The van der Waals surface area contributed by atoms with E-state index in [2.05, 4.69) is 25.6 Å². The van der Waals surface area contributed by atoms with Crippen LogP contribution in [0.4, 0.5) is 0 Å². The SMILES string of the molecule is C1CCCC1.[CH2-]N.[CH2-]N.[Cl][Pt+2]([Cl])([Cl])[Cl]. The van der Waals surface area contributed by atoms with Crippen molar-refractivity contribution in [3.63, 3.8) is 0 Å². The van der Waals surface area contributed by atoms with Crippen molar-refractivity contribution in [1.82, 2.24) is 0 Å². The zero-order chi connectivity index (χ0) is 12.0. The van der Waals surface area contributed by atoms with Gasteiger partial charge in [0, 0.05) is 0 Å². The quantitative estimate of drug-likeness (QED) is 0.526. The van der Waals surface area contributed by atoms with E-state index < -0.39 is 11.9 Å². The van der Waals surface area contributed by atoms with Crippen LogP contribution < -0.4 is 11.5 Å². The van der Waals surface area contributed by atoms with E-state index in [4.69, 9.17) is 37.7 Å². The molecular formula is C7H18Cl4N2Pt. The third-order valence-corrected chi connectivity index (χ3v) is 1.25. The predicted octanol–water partition coefficient (Wildman–Crippen LogP) is 4.18. The van der Waals surface area contributed by atoms with Crippen LogP contribution in [0.25, 0.3) is 0 Å². The van der Waals surface area contributed by atoms with Gasteiger partial charge in [0.05, 0.1) is 0 Å². The average molecular weight is 467 g/mol. The molecule has 0 aliphatic heterocycles. The summed E-state index contributed by atoms with van der Waals surface area (Å²) in [7, 11) is 25.5. The molecule has 0 amide bonds. The zero-order valence-electron chi connectivity index (χ0n) is 7.93. The number of hydrogen-bond acceptors (Lipinski definition) is 2. The first-order valence-electron chi connectivity index (χ1n) is 3.79. The van der Waals surface area contributed by atoms with Crippen molar-refractivity contribution in [1.29, 1.82) is 0 Å². The van der Waals surface area contributed by atoms with Crippen molar-refractivity contribution < 1.29 is 11.9 Å². The van der Waals surface area contributed by atoms with E-state index in [1.54, 1.807) is 0 Å². The van der Waals surface area contributed by atoms with Gasteiger partial charge in [-0.2, -0.15) is 0 Å². The molecule has 1 aliphatic carbocycles. The van der Waals surface area contributed by atoms with E-state index >= 15 is 0 Å². The Morgan fingerprint density at radius 2 is 0.714 bits per heavy atom. The standard InChI is InChI=1S/C5H10.2CH4N.4ClH.Pt/c1-2-4-5-3-1;2*1-2;;;;;/h1-5H2;2*1-2H2;4*1H;/q;2*-1;;;;;+6/p-4. The van der Waals surface area contributed by atoms with Crippen molar-refractivity contribution in [3.8, 4) is 0 Å². The van der Waals surface area contributed by atoms with E-state index in [0.29, 0.717) is 0 Å². The third-order valence-electron chi connectivity index (χ3n) is 1.25. The van der Waals surface area contributed by atoms with Crippen LogP contribution in [0.1, 0.15) is 32.1 Å². The molecule has 1 rings (SSSR count). The molecule has 0 aromatic carbocycles. The summed E-state index contributed by atoms with van der Waals surface area (Å²) >= 11 is -3.06. The van der Waals surface area contributed by atoms with Gasteiger partial charge in [-0.05, 0) is 0 Å². The predicted molar refractivity (Wildman–Crippen MR) is 65.6 cm³/mol. The zero-order valence-corrected chi connectivity index (χ0v) is 13.2. The molecule has 0 saturated heterocycles. The van der Waals surface area contributed by atoms with Crippen LogP contribution in [0.15, 0.2) is 0 Å². The van der Waals surface area contributed by atoms with Crippen LogP contribution in [0.2, 0.25) is 0 Å². The normalized spacial score (nSPS) is 14.9. The Hall–Kier alpha value is 1.77. The monoisotopic (exact) mass is 465 g/mol. The Morgan fingerprint density at radius 3 is 0.786 bits per heavy atom. The van der Waals surface area contributed by atoms with Gasteiger partial charge in [-0.25, -0.2) is 0 Å². The number of hydrogen-bond donors (Lipinski definition) is 2. The molecule has 1 aliphatic rings. The van der Waals surface area contributed by atoms with Gasteiger partial charge in [-0.15, -0.1) is 0 Å². The van der Waals surface area contributed by atoms with Gasteiger partial charge in [0.25, 0.3) is 0 Å². The summed E-state index contributed by atoms with van der Waals surface area (Å²) in [4.78, 5) is 0. The van der Waals surface area contributed by atoms with Gasteiger partial charge in [-0.1, -0.05) is 32.1 Å². The summed E-state index contributed by atoms with van der Waals surface area (Å²) in [5, 5.41) is 0. The van der Waals surface area contributed by atoms with E-state index in [9.17, 15) is 0 Å². The second-order valence-corrected chi connectivity index (χ2v) is 21.7. The Kier molecular flexibility index (Phi) is 25.9. The van der Waals surface area contributed by atoms with Gasteiger partial charge in [0.15, 0.2) is 0 Å². The van der Waals surface area contributed by atoms with Crippen molar-refractivity contribution in [2.45, 2.75) is 32.1 Å². The van der Waals surface area contributed by atoms with Crippen molar-refractivity contribution in [2.75, 3.05) is 0 Å². The van der Waals surface area contributed by atoms with Gasteiger partial charge in [-0.3, -0.25) is 14.1 Å². The molecule has 0 spiro atoms. The van der Waals surface area contributed by atoms with E-state index in [0.717, 1.165) is 0 Å². The molecule has 0 radical (unpaired) electrons. The summed E-state index contributed by atoms with van der Waals surface area (Å²) in [6.07, 6.45) is 7.50. The van der Waals surface area contributed by atoms with Crippen LogP contribution in [0.3, 0.4) is 0 Å². The number of rotatable bonds is 0. The molecule has 14 heavy (non-hydrogen) atoms. The first-order chi connectivity index (χ1) is 6.50. The fraction of sp³-hybridized carbons (Fsp3) is 0.714. The molecule has 0 bridgehead atoms. The average Bonchev–Trinajstić information content (AvgIpc) is 2.64. The second kappa shape index (κ2) is 17.2. The summed E-state index contributed by atoms with van der Waals surface area (Å²) < 4.78 is 0. The van der Waals surface area contributed by atoms with Crippen LogP contribution in [-0.2, 0) is 11.9 Å². The molecule has 94 valence electrons. The molecule has 1 fully saturated rings.